The lowest BCUT2D eigenvalue weighted by Gasteiger charge is -2.15. The van der Waals surface area contributed by atoms with E-state index >= 15 is 0 Å². The SMILES string of the molecule is COC(=O)CCNC(=O)c1ccc(F)c(F)c1Nc1ccc(Br)cc1Cl. The molecule has 2 rings (SSSR count). The van der Waals surface area contributed by atoms with Crippen LogP contribution in [0.25, 0.3) is 0 Å². The quantitative estimate of drug-likeness (QED) is 0.644. The van der Waals surface area contributed by atoms with Gasteiger partial charge in [-0.25, -0.2) is 8.78 Å². The second-order valence-corrected chi connectivity index (χ2v) is 6.44. The van der Waals surface area contributed by atoms with Crippen LogP contribution in [0.15, 0.2) is 34.8 Å². The predicted molar refractivity (Wildman–Crippen MR) is 97.8 cm³/mol. The Balaban J connectivity index is 2.28. The van der Waals surface area contributed by atoms with Crippen molar-refractivity contribution in [1.29, 1.82) is 0 Å². The van der Waals surface area contributed by atoms with Gasteiger partial charge < -0.3 is 15.4 Å². The molecule has 26 heavy (non-hydrogen) atoms. The van der Waals surface area contributed by atoms with Crippen LogP contribution >= 0.6 is 27.5 Å². The van der Waals surface area contributed by atoms with Gasteiger partial charge in [0.2, 0.25) is 0 Å². The molecule has 0 aromatic heterocycles. The fourth-order valence-electron chi connectivity index (χ4n) is 2.06. The maximum atomic E-state index is 14.3. The monoisotopic (exact) mass is 446 g/mol. The first-order valence-corrected chi connectivity index (χ1v) is 8.55. The summed E-state index contributed by atoms with van der Waals surface area (Å²) in [5, 5.41) is 5.35. The molecule has 0 heterocycles. The van der Waals surface area contributed by atoms with Gasteiger partial charge in [0.1, 0.15) is 0 Å². The Kier molecular flexibility index (Phi) is 6.93. The number of carbonyl (C=O) groups excluding carboxylic acids is 2. The topological polar surface area (TPSA) is 67.4 Å². The number of methoxy groups -OCH3 is 1. The Morgan fingerprint density at radius 1 is 1.23 bits per heavy atom. The van der Waals surface area contributed by atoms with Gasteiger partial charge in [-0.1, -0.05) is 27.5 Å². The lowest BCUT2D eigenvalue weighted by atomic mass is 10.1. The van der Waals surface area contributed by atoms with Gasteiger partial charge in [-0.15, -0.1) is 0 Å². The number of anilines is 2. The molecule has 0 aliphatic heterocycles. The maximum Gasteiger partial charge on any atom is 0.307 e. The molecule has 9 heteroatoms. The number of rotatable bonds is 6. The van der Waals surface area contributed by atoms with Gasteiger partial charge in [0.05, 0.1) is 35.5 Å². The van der Waals surface area contributed by atoms with Crippen LogP contribution in [0.1, 0.15) is 16.8 Å². The zero-order valence-electron chi connectivity index (χ0n) is 13.5. The van der Waals surface area contributed by atoms with Gasteiger partial charge in [-0.3, -0.25) is 9.59 Å². The van der Waals surface area contributed by atoms with Crippen LogP contribution in [0.3, 0.4) is 0 Å². The van der Waals surface area contributed by atoms with Gasteiger partial charge >= 0.3 is 5.97 Å². The summed E-state index contributed by atoms with van der Waals surface area (Å²) in [6, 6.07) is 6.76. The van der Waals surface area contributed by atoms with E-state index in [1.54, 1.807) is 18.2 Å². The summed E-state index contributed by atoms with van der Waals surface area (Å²) < 4.78 is 33.1. The molecule has 0 unspecified atom stereocenters. The van der Waals surface area contributed by atoms with E-state index in [4.69, 9.17) is 11.6 Å². The van der Waals surface area contributed by atoms with Crippen molar-refractivity contribution in [3.8, 4) is 0 Å². The van der Waals surface area contributed by atoms with Gasteiger partial charge in [-0.05, 0) is 30.3 Å². The average Bonchev–Trinajstić information content (AvgIpc) is 2.60. The molecule has 2 N–H and O–H groups in total. The Labute approximate surface area is 161 Å². The average molecular weight is 448 g/mol. The van der Waals surface area contributed by atoms with Gasteiger partial charge in [-0.2, -0.15) is 0 Å². The van der Waals surface area contributed by atoms with E-state index in [2.05, 4.69) is 31.3 Å². The van der Waals surface area contributed by atoms with Crippen molar-refractivity contribution in [1.82, 2.24) is 5.32 Å². The van der Waals surface area contributed by atoms with Crippen LogP contribution in [0, 0.1) is 11.6 Å². The normalized spacial score (nSPS) is 10.3. The van der Waals surface area contributed by atoms with E-state index in [1.165, 1.54) is 7.11 Å². The second-order valence-electron chi connectivity index (χ2n) is 5.12. The molecule has 1 amide bonds. The number of nitrogens with one attached hydrogen (secondary N) is 2. The van der Waals surface area contributed by atoms with E-state index < -0.39 is 23.5 Å². The molecule has 0 atom stereocenters. The third-order valence-corrected chi connectivity index (χ3v) is 4.18. The molecule has 0 spiro atoms. The van der Waals surface area contributed by atoms with Gasteiger partial charge in [0.25, 0.3) is 5.91 Å². The second kappa shape index (κ2) is 8.95. The smallest absolute Gasteiger partial charge is 0.307 e. The summed E-state index contributed by atoms with van der Waals surface area (Å²) in [7, 11) is 1.23. The van der Waals surface area contributed by atoms with Crippen LogP contribution < -0.4 is 10.6 Å². The minimum absolute atomic E-state index is 0.0109. The van der Waals surface area contributed by atoms with Crippen LogP contribution in [0.4, 0.5) is 20.2 Å². The highest BCUT2D eigenvalue weighted by Crippen LogP contribution is 2.32. The van der Waals surface area contributed by atoms with E-state index in [-0.39, 0.29) is 29.2 Å². The van der Waals surface area contributed by atoms with Crippen molar-refractivity contribution < 1.29 is 23.1 Å². The predicted octanol–water partition coefficient (Wildman–Crippen LogP) is 4.42. The van der Waals surface area contributed by atoms with Crippen LogP contribution in [0.5, 0.6) is 0 Å². The standard InChI is InChI=1S/C17H14BrClF2N2O3/c1-26-14(24)6-7-22-17(25)10-3-4-12(20)15(21)16(10)23-13-5-2-9(18)8-11(13)19/h2-5,8,23H,6-7H2,1H3,(H,22,25). The van der Waals surface area contributed by atoms with E-state index in [0.717, 1.165) is 12.1 Å². The Morgan fingerprint density at radius 2 is 1.96 bits per heavy atom. The van der Waals surface area contributed by atoms with Gasteiger partial charge in [0, 0.05) is 11.0 Å². The first-order chi connectivity index (χ1) is 12.3. The van der Waals surface area contributed by atoms with Crippen LogP contribution in [0.2, 0.25) is 5.02 Å². The molecule has 0 saturated heterocycles. The lowest BCUT2D eigenvalue weighted by Crippen LogP contribution is -2.27. The fraction of sp³-hybridized carbons (Fsp3) is 0.176. The number of amides is 1. The molecule has 0 saturated carbocycles. The lowest BCUT2D eigenvalue weighted by molar-refractivity contribution is -0.140. The Hall–Kier alpha value is -2.19. The molecule has 0 fully saturated rings. The highest BCUT2D eigenvalue weighted by atomic mass is 79.9. The molecule has 0 aliphatic carbocycles. The number of hydrogen-bond donors (Lipinski definition) is 2. The minimum atomic E-state index is -1.22. The largest absolute Gasteiger partial charge is 0.469 e. The molecular weight excluding hydrogens is 434 g/mol. The molecule has 0 radical (unpaired) electrons. The fourth-order valence-corrected chi connectivity index (χ4v) is 2.78. The van der Waals surface area contributed by atoms with Crippen LogP contribution in [-0.4, -0.2) is 25.5 Å². The summed E-state index contributed by atoms with van der Waals surface area (Å²) in [5.74, 6) is -3.52. The van der Waals surface area contributed by atoms with Crippen molar-refractivity contribution in [2.75, 3.05) is 19.0 Å². The molecule has 2 aromatic carbocycles. The molecular formula is C17H14BrClF2N2O3. The summed E-state index contributed by atoms with van der Waals surface area (Å²) in [5.41, 5.74) is -0.194. The summed E-state index contributed by atoms with van der Waals surface area (Å²) >= 11 is 9.32. The third-order valence-electron chi connectivity index (χ3n) is 3.37. The molecule has 0 bridgehead atoms. The van der Waals surface area contributed by atoms with Crippen molar-refractivity contribution in [3.05, 3.63) is 57.0 Å². The zero-order valence-corrected chi connectivity index (χ0v) is 15.9. The Morgan fingerprint density at radius 3 is 2.62 bits per heavy atom. The van der Waals surface area contributed by atoms with E-state index in [1.807, 2.05) is 0 Å². The molecule has 5 nitrogen and oxygen atoms in total. The molecule has 2 aromatic rings. The highest BCUT2D eigenvalue weighted by Gasteiger charge is 2.20. The van der Waals surface area contributed by atoms with Crippen molar-refractivity contribution >= 4 is 50.8 Å². The van der Waals surface area contributed by atoms with Crippen LogP contribution in [-0.2, 0) is 9.53 Å². The first-order valence-electron chi connectivity index (χ1n) is 7.38. The number of esters is 1. The van der Waals surface area contributed by atoms with Crippen molar-refractivity contribution in [3.63, 3.8) is 0 Å². The number of ether oxygens (including phenoxy) is 1. The number of halogens is 4. The number of carbonyl (C=O) groups is 2. The maximum absolute atomic E-state index is 14.3. The van der Waals surface area contributed by atoms with Crippen molar-refractivity contribution in [2.24, 2.45) is 0 Å². The number of benzene rings is 2. The molecule has 138 valence electrons. The summed E-state index contributed by atoms with van der Waals surface area (Å²) in [6.07, 6.45) is -0.0484. The Bertz CT molecular complexity index is 849. The summed E-state index contributed by atoms with van der Waals surface area (Å²) in [4.78, 5) is 23.4. The number of hydrogen-bond acceptors (Lipinski definition) is 4. The molecule has 0 aliphatic rings. The first kappa shape index (κ1) is 20.1. The third kappa shape index (κ3) is 4.92. The summed E-state index contributed by atoms with van der Waals surface area (Å²) in [6.45, 7) is -0.0109. The zero-order chi connectivity index (χ0) is 19.3. The van der Waals surface area contributed by atoms with E-state index in [0.29, 0.717) is 10.2 Å². The van der Waals surface area contributed by atoms with E-state index in [9.17, 15) is 18.4 Å². The van der Waals surface area contributed by atoms with Gasteiger partial charge in [0.15, 0.2) is 11.6 Å². The highest BCUT2D eigenvalue weighted by molar-refractivity contribution is 9.10. The minimum Gasteiger partial charge on any atom is -0.469 e. The van der Waals surface area contributed by atoms with Crippen molar-refractivity contribution in [2.45, 2.75) is 6.42 Å².